The molecule has 1 aliphatic carbocycles. The van der Waals surface area contributed by atoms with E-state index in [0.717, 1.165) is 44.5 Å². The molecule has 188 valence electrons. The largest absolute Gasteiger partial charge is 0.489 e. The maximum absolute atomic E-state index is 6.10. The van der Waals surface area contributed by atoms with Gasteiger partial charge in [-0.2, -0.15) is 0 Å². The Hall–Kier alpha value is -3.08. The van der Waals surface area contributed by atoms with Crippen LogP contribution in [0.25, 0.3) is 5.57 Å². The van der Waals surface area contributed by atoms with E-state index in [4.69, 9.17) is 14.2 Å². The fraction of sp³-hybridized carbons (Fsp3) is 0.375. The van der Waals surface area contributed by atoms with Crippen molar-refractivity contribution in [2.75, 3.05) is 32.2 Å². The van der Waals surface area contributed by atoms with Gasteiger partial charge in [-0.15, -0.1) is 0 Å². The van der Waals surface area contributed by atoms with Crippen molar-refractivity contribution < 1.29 is 14.2 Å². The van der Waals surface area contributed by atoms with Gasteiger partial charge in [-0.3, -0.25) is 0 Å². The Morgan fingerprint density at radius 2 is 1.64 bits per heavy atom. The van der Waals surface area contributed by atoms with Crippen LogP contribution in [-0.4, -0.2) is 33.6 Å². The van der Waals surface area contributed by atoms with Crippen molar-refractivity contribution in [2.24, 2.45) is 5.92 Å². The summed E-state index contributed by atoms with van der Waals surface area (Å²) in [5, 5.41) is 0. The maximum Gasteiger partial charge on any atom is 0.159 e. The van der Waals surface area contributed by atoms with Gasteiger partial charge in [-0.05, 0) is 90.3 Å². The molecule has 1 fully saturated rings. The van der Waals surface area contributed by atoms with Gasteiger partial charge in [0.1, 0.15) is 12.4 Å². The van der Waals surface area contributed by atoms with Gasteiger partial charge in [-0.25, -0.2) is 0 Å². The van der Waals surface area contributed by atoms with E-state index >= 15 is 0 Å². The molecule has 3 aromatic carbocycles. The Morgan fingerprint density at radius 1 is 0.889 bits per heavy atom. The highest BCUT2D eigenvalue weighted by molar-refractivity contribution is 5.85. The zero-order valence-corrected chi connectivity index (χ0v) is 21.7. The number of hydrogen-bond acceptors (Lipinski definition) is 4. The molecule has 0 bridgehead atoms. The lowest BCUT2D eigenvalue weighted by molar-refractivity contribution is -0.141. The van der Waals surface area contributed by atoms with Crippen molar-refractivity contribution in [3.05, 3.63) is 101 Å². The molecule has 1 heterocycles. The summed E-state index contributed by atoms with van der Waals surface area (Å²) in [6.45, 7) is 4.90. The lowest BCUT2D eigenvalue weighted by Crippen LogP contribution is -2.39. The number of nitrogens with zero attached hydrogens (tertiary/aromatic N) is 1. The molecule has 1 aliphatic heterocycles. The maximum atomic E-state index is 6.10. The molecule has 3 aromatic rings. The molecule has 0 spiro atoms. The number of rotatable bonds is 8. The second-order valence-corrected chi connectivity index (χ2v) is 9.91. The molecule has 0 saturated carbocycles. The second-order valence-electron chi connectivity index (χ2n) is 9.91. The Kier molecular flexibility index (Phi) is 7.74. The van der Waals surface area contributed by atoms with Crippen LogP contribution >= 0.6 is 0 Å². The van der Waals surface area contributed by atoms with Gasteiger partial charge < -0.3 is 19.1 Å². The molecule has 4 heteroatoms. The molecule has 0 N–H and O–H groups in total. The lowest BCUT2D eigenvalue weighted by atomic mass is 9.85. The molecule has 0 unspecified atom stereocenters. The quantitative estimate of drug-likeness (QED) is 0.330. The van der Waals surface area contributed by atoms with Crippen LogP contribution in [0.15, 0.2) is 72.8 Å². The molecule has 36 heavy (non-hydrogen) atoms. The average molecular weight is 484 g/mol. The first-order valence-electron chi connectivity index (χ1n) is 13.1. The number of fused-ring (bicyclic) bond motifs is 1. The molecular formula is C32H37NO3. The van der Waals surface area contributed by atoms with E-state index < -0.39 is 0 Å². The van der Waals surface area contributed by atoms with Crippen LogP contribution in [0.2, 0.25) is 0 Å². The summed E-state index contributed by atoms with van der Waals surface area (Å²) in [6, 6.07) is 23.9. The van der Waals surface area contributed by atoms with Crippen LogP contribution in [0.3, 0.4) is 0 Å². The highest BCUT2D eigenvalue weighted by Gasteiger charge is 2.27. The molecule has 4 nitrogen and oxygen atoms in total. The van der Waals surface area contributed by atoms with E-state index in [0.29, 0.717) is 12.5 Å². The van der Waals surface area contributed by atoms with Crippen molar-refractivity contribution in [2.45, 2.75) is 45.5 Å². The number of allylic oxidation sites excluding steroid dienone is 1. The summed E-state index contributed by atoms with van der Waals surface area (Å²) < 4.78 is 17.1. The Balaban J connectivity index is 1.28. The van der Waals surface area contributed by atoms with Gasteiger partial charge in [0.15, 0.2) is 6.29 Å². The summed E-state index contributed by atoms with van der Waals surface area (Å²) in [4.78, 5) is 2.50. The average Bonchev–Trinajstić information content (AvgIpc) is 2.93. The third kappa shape index (κ3) is 5.35. The van der Waals surface area contributed by atoms with E-state index in [-0.39, 0.29) is 6.29 Å². The zero-order valence-electron chi connectivity index (χ0n) is 21.7. The van der Waals surface area contributed by atoms with Crippen LogP contribution in [-0.2, 0) is 22.5 Å². The van der Waals surface area contributed by atoms with Gasteiger partial charge in [-0.1, -0.05) is 48.5 Å². The Morgan fingerprint density at radius 3 is 2.36 bits per heavy atom. The number of anilines is 1. The minimum absolute atomic E-state index is 0.0983. The highest BCUT2D eigenvalue weighted by Crippen LogP contribution is 2.37. The van der Waals surface area contributed by atoms with Crippen LogP contribution in [0.5, 0.6) is 5.75 Å². The Bertz CT molecular complexity index is 1190. The van der Waals surface area contributed by atoms with Crippen molar-refractivity contribution in [3.63, 3.8) is 0 Å². The monoisotopic (exact) mass is 483 g/mol. The Labute approximate surface area is 215 Å². The lowest BCUT2D eigenvalue weighted by Gasteiger charge is -2.36. The summed E-state index contributed by atoms with van der Waals surface area (Å²) in [7, 11) is 3.47. The van der Waals surface area contributed by atoms with Crippen molar-refractivity contribution in [1.82, 2.24) is 0 Å². The zero-order chi connectivity index (χ0) is 24.9. The molecule has 1 saturated heterocycles. The number of ether oxygens (including phenoxy) is 3. The number of methoxy groups -OCH3 is 2. The van der Waals surface area contributed by atoms with Gasteiger partial charge in [0.05, 0.1) is 0 Å². The van der Waals surface area contributed by atoms with E-state index in [9.17, 15) is 0 Å². The molecule has 2 aliphatic rings. The predicted molar refractivity (Wildman–Crippen MR) is 147 cm³/mol. The van der Waals surface area contributed by atoms with Gasteiger partial charge in [0.25, 0.3) is 0 Å². The van der Waals surface area contributed by atoms with Crippen LogP contribution < -0.4 is 9.64 Å². The predicted octanol–water partition coefficient (Wildman–Crippen LogP) is 6.79. The standard InChI is InChI=1S/C32H37NO3/c1-23-20-27(33-18-16-25(17-19-33)32(34-2)35-3)12-14-29(23)31-11-7-10-26-21-28(13-15-30(26)31)36-22-24-8-5-4-6-9-24/h4-6,8-9,11-15,20-21,25,32H,7,10,16-19,22H2,1-3H3. The summed E-state index contributed by atoms with van der Waals surface area (Å²) in [5.74, 6) is 1.40. The minimum Gasteiger partial charge on any atom is -0.489 e. The van der Waals surface area contributed by atoms with Crippen LogP contribution in [0.4, 0.5) is 5.69 Å². The van der Waals surface area contributed by atoms with Gasteiger partial charge in [0, 0.05) is 38.9 Å². The van der Waals surface area contributed by atoms with Gasteiger partial charge in [0.2, 0.25) is 0 Å². The molecule has 5 rings (SSSR count). The molecule has 0 amide bonds. The summed E-state index contributed by atoms with van der Waals surface area (Å²) in [6.07, 6.45) is 6.58. The van der Waals surface area contributed by atoms with Gasteiger partial charge >= 0.3 is 0 Å². The summed E-state index contributed by atoms with van der Waals surface area (Å²) in [5.41, 5.74) is 9.19. The van der Waals surface area contributed by atoms with E-state index in [1.807, 2.05) is 6.07 Å². The number of piperidine rings is 1. The number of aryl methyl sites for hydroxylation is 2. The van der Waals surface area contributed by atoms with E-state index in [1.54, 1.807) is 14.2 Å². The first kappa shape index (κ1) is 24.6. The smallest absolute Gasteiger partial charge is 0.159 e. The van der Waals surface area contributed by atoms with E-state index in [1.165, 1.54) is 39.1 Å². The molecule has 0 atom stereocenters. The third-order valence-electron chi connectivity index (χ3n) is 7.63. The SMILES string of the molecule is COC(OC)C1CCN(c2ccc(C3=CCCc4cc(OCc5ccccc5)ccc43)c(C)c2)CC1. The topological polar surface area (TPSA) is 30.9 Å². The fourth-order valence-corrected chi connectivity index (χ4v) is 5.67. The van der Waals surface area contributed by atoms with Crippen molar-refractivity contribution >= 4 is 11.3 Å². The summed E-state index contributed by atoms with van der Waals surface area (Å²) >= 11 is 0. The first-order valence-corrected chi connectivity index (χ1v) is 13.1. The second kappa shape index (κ2) is 11.3. The van der Waals surface area contributed by atoms with Crippen molar-refractivity contribution in [1.29, 1.82) is 0 Å². The normalized spacial score (nSPS) is 16.1. The minimum atomic E-state index is -0.0983. The fourth-order valence-electron chi connectivity index (χ4n) is 5.67. The highest BCUT2D eigenvalue weighted by atomic mass is 16.7. The molecule has 0 radical (unpaired) electrons. The third-order valence-corrected chi connectivity index (χ3v) is 7.63. The van der Waals surface area contributed by atoms with Crippen LogP contribution in [0.1, 0.15) is 47.1 Å². The van der Waals surface area contributed by atoms with Crippen LogP contribution in [0, 0.1) is 12.8 Å². The molecular weight excluding hydrogens is 446 g/mol. The van der Waals surface area contributed by atoms with Crippen molar-refractivity contribution in [3.8, 4) is 5.75 Å². The van der Waals surface area contributed by atoms with E-state index in [2.05, 4.69) is 78.6 Å². The number of hydrogen-bond donors (Lipinski definition) is 0. The molecule has 0 aromatic heterocycles. The number of benzene rings is 3. The first-order chi connectivity index (χ1) is 17.7.